The Bertz CT molecular complexity index is 524. The minimum atomic E-state index is -0.429. The van der Waals surface area contributed by atoms with Crippen molar-refractivity contribution in [3.8, 4) is 0 Å². The van der Waals surface area contributed by atoms with Crippen LogP contribution in [-0.4, -0.2) is 51.7 Å². The first-order valence-electron chi connectivity index (χ1n) is 7.81. The van der Waals surface area contributed by atoms with Gasteiger partial charge in [-0.2, -0.15) is 5.10 Å². The van der Waals surface area contributed by atoms with Crippen LogP contribution in [0.5, 0.6) is 0 Å². The Labute approximate surface area is 135 Å². The van der Waals surface area contributed by atoms with Gasteiger partial charge in [0.1, 0.15) is 0 Å². The first-order valence-corrected chi connectivity index (χ1v) is 8.69. The summed E-state index contributed by atoms with van der Waals surface area (Å²) < 4.78 is 7.53. The molecule has 0 aromatic carbocycles. The molecule has 0 radical (unpaired) electrons. The Morgan fingerprint density at radius 1 is 1.50 bits per heavy atom. The molecule has 0 unspecified atom stereocenters. The van der Waals surface area contributed by atoms with E-state index in [1.807, 2.05) is 12.3 Å². The maximum atomic E-state index is 10.4. The van der Waals surface area contributed by atoms with E-state index in [1.54, 1.807) is 22.2 Å². The van der Waals surface area contributed by atoms with E-state index in [0.29, 0.717) is 19.2 Å². The van der Waals surface area contributed by atoms with Crippen LogP contribution in [-0.2, 0) is 17.8 Å². The van der Waals surface area contributed by atoms with Crippen LogP contribution >= 0.6 is 11.3 Å². The van der Waals surface area contributed by atoms with Gasteiger partial charge < -0.3 is 9.84 Å². The van der Waals surface area contributed by atoms with Gasteiger partial charge in [-0.05, 0) is 30.4 Å². The number of rotatable bonds is 8. The first kappa shape index (κ1) is 15.7. The van der Waals surface area contributed by atoms with Gasteiger partial charge in [0.05, 0.1) is 18.8 Å². The second-order valence-electron chi connectivity index (χ2n) is 5.79. The molecule has 0 bridgehead atoms. The Kier molecular flexibility index (Phi) is 5.61. The third-order valence-corrected chi connectivity index (χ3v) is 4.73. The van der Waals surface area contributed by atoms with Crippen LogP contribution in [0.1, 0.15) is 17.7 Å². The van der Waals surface area contributed by atoms with Crippen LogP contribution in [0, 0.1) is 0 Å². The third kappa shape index (κ3) is 4.64. The molecule has 1 N–H and O–H groups in total. The van der Waals surface area contributed by atoms with Crippen LogP contribution in [0.15, 0.2) is 36.0 Å². The van der Waals surface area contributed by atoms with Crippen molar-refractivity contribution in [2.75, 3.05) is 19.7 Å². The highest BCUT2D eigenvalue weighted by atomic mass is 32.1. The number of nitrogens with zero attached hydrogens (tertiary/aromatic N) is 3. The second-order valence-corrected chi connectivity index (χ2v) is 6.82. The van der Waals surface area contributed by atoms with Crippen LogP contribution in [0.2, 0.25) is 0 Å². The van der Waals surface area contributed by atoms with Crippen molar-refractivity contribution in [2.24, 2.45) is 0 Å². The lowest BCUT2D eigenvalue weighted by Crippen LogP contribution is -2.38. The second kappa shape index (κ2) is 7.87. The molecule has 1 saturated heterocycles. The summed E-state index contributed by atoms with van der Waals surface area (Å²) in [6.45, 7) is 3.78. The molecule has 2 aromatic heterocycles. The summed E-state index contributed by atoms with van der Waals surface area (Å²) in [5.41, 5.74) is 0. The molecule has 0 spiro atoms. The largest absolute Gasteiger partial charge is 0.390 e. The zero-order valence-corrected chi connectivity index (χ0v) is 13.5. The van der Waals surface area contributed by atoms with Crippen LogP contribution < -0.4 is 0 Å². The predicted molar refractivity (Wildman–Crippen MR) is 86.8 cm³/mol. The summed E-state index contributed by atoms with van der Waals surface area (Å²) in [7, 11) is 0. The Morgan fingerprint density at radius 2 is 2.45 bits per heavy atom. The summed E-state index contributed by atoms with van der Waals surface area (Å²) in [6, 6.07) is 6.10. The lowest BCUT2D eigenvalue weighted by atomic mass is 10.2. The van der Waals surface area contributed by atoms with Gasteiger partial charge in [0.2, 0.25) is 0 Å². The number of aromatic nitrogens is 2. The molecular weight excluding hydrogens is 298 g/mol. The third-order valence-electron chi connectivity index (χ3n) is 3.87. The maximum Gasteiger partial charge on any atom is 0.0862 e. The fourth-order valence-electron chi connectivity index (χ4n) is 2.88. The molecule has 6 heteroatoms. The van der Waals surface area contributed by atoms with E-state index in [-0.39, 0.29) is 0 Å². The van der Waals surface area contributed by atoms with Gasteiger partial charge in [0.25, 0.3) is 0 Å². The summed E-state index contributed by atoms with van der Waals surface area (Å²) >= 11 is 1.76. The fourth-order valence-corrected chi connectivity index (χ4v) is 3.63. The molecule has 1 fully saturated rings. The number of hydrogen-bond donors (Lipinski definition) is 1. The lowest BCUT2D eigenvalue weighted by molar-refractivity contribution is 0.0414. The highest BCUT2D eigenvalue weighted by molar-refractivity contribution is 7.09. The minimum Gasteiger partial charge on any atom is -0.390 e. The molecule has 22 heavy (non-hydrogen) atoms. The molecule has 3 heterocycles. The Morgan fingerprint density at radius 3 is 3.14 bits per heavy atom. The van der Waals surface area contributed by atoms with E-state index in [1.165, 1.54) is 4.88 Å². The van der Waals surface area contributed by atoms with Crippen molar-refractivity contribution in [3.05, 3.63) is 40.8 Å². The van der Waals surface area contributed by atoms with Crippen molar-refractivity contribution < 1.29 is 9.84 Å². The van der Waals surface area contributed by atoms with Gasteiger partial charge in [0.15, 0.2) is 0 Å². The topological polar surface area (TPSA) is 50.5 Å². The summed E-state index contributed by atoms with van der Waals surface area (Å²) in [6.07, 6.45) is 5.76. The summed E-state index contributed by atoms with van der Waals surface area (Å²) in [5.74, 6) is 0. The molecule has 0 saturated carbocycles. The molecule has 120 valence electrons. The van der Waals surface area contributed by atoms with Gasteiger partial charge in [0, 0.05) is 43.5 Å². The number of aliphatic hydroxyl groups is 1. The zero-order valence-electron chi connectivity index (χ0n) is 12.7. The van der Waals surface area contributed by atoms with Gasteiger partial charge in [-0.15, -0.1) is 11.3 Å². The number of ether oxygens (including phenoxy) is 1. The van der Waals surface area contributed by atoms with Crippen molar-refractivity contribution in [1.82, 2.24) is 14.7 Å². The standard InChI is InChI=1S/C16H23N3O2S/c20-14(11-19-7-3-6-17-19)10-18(12-15-4-1-8-21-15)13-16-5-2-9-22-16/h2-3,5-7,9,14-15,20H,1,4,8,10-13H2/t14-,15-/m1/s1. The quantitative estimate of drug-likeness (QED) is 0.808. The highest BCUT2D eigenvalue weighted by Gasteiger charge is 2.21. The normalized spacial score (nSPS) is 19.8. The molecule has 0 amide bonds. The Balaban J connectivity index is 1.56. The van der Waals surface area contributed by atoms with Crippen molar-refractivity contribution >= 4 is 11.3 Å². The first-order chi connectivity index (χ1) is 10.8. The monoisotopic (exact) mass is 321 g/mol. The summed E-state index contributed by atoms with van der Waals surface area (Å²) in [5, 5.41) is 16.6. The van der Waals surface area contributed by atoms with Crippen molar-refractivity contribution in [2.45, 2.75) is 38.1 Å². The van der Waals surface area contributed by atoms with E-state index < -0.39 is 6.10 Å². The molecule has 1 aliphatic heterocycles. The van der Waals surface area contributed by atoms with Crippen LogP contribution in [0.4, 0.5) is 0 Å². The maximum absolute atomic E-state index is 10.4. The molecule has 3 rings (SSSR count). The molecule has 2 atom stereocenters. The average molecular weight is 321 g/mol. The highest BCUT2D eigenvalue weighted by Crippen LogP contribution is 2.17. The van der Waals surface area contributed by atoms with E-state index in [4.69, 9.17) is 4.74 Å². The van der Waals surface area contributed by atoms with Gasteiger partial charge in [-0.25, -0.2) is 0 Å². The predicted octanol–water partition coefficient (Wildman–Crippen LogP) is 1.99. The smallest absolute Gasteiger partial charge is 0.0862 e. The molecule has 2 aromatic rings. The van der Waals surface area contributed by atoms with Crippen molar-refractivity contribution in [3.63, 3.8) is 0 Å². The van der Waals surface area contributed by atoms with Gasteiger partial charge in [-0.3, -0.25) is 9.58 Å². The average Bonchev–Trinajstić information content (AvgIpc) is 3.20. The molecular formula is C16H23N3O2S. The number of aliphatic hydroxyl groups excluding tert-OH is 1. The molecule has 0 aliphatic carbocycles. The Hall–Kier alpha value is -1.21. The van der Waals surface area contributed by atoms with E-state index >= 15 is 0 Å². The lowest BCUT2D eigenvalue weighted by Gasteiger charge is -2.27. The molecule has 1 aliphatic rings. The zero-order chi connectivity index (χ0) is 15.2. The number of thiophene rings is 1. The van der Waals surface area contributed by atoms with E-state index in [9.17, 15) is 5.11 Å². The van der Waals surface area contributed by atoms with Gasteiger partial charge >= 0.3 is 0 Å². The minimum absolute atomic E-state index is 0.303. The fraction of sp³-hybridized carbons (Fsp3) is 0.562. The number of hydrogen-bond acceptors (Lipinski definition) is 5. The molecule has 5 nitrogen and oxygen atoms in total. The van der Waals surface area contributed by atoms with E-state index in [0.717, 1.165) is 32.5 Å². The SMILES string of the molecule is O[C@H](CN(Cc1cccs1)C[C@H]1CCCO1)Cn1cccn1. The van der Waals surface area contributed by atoms with Crippen molar-refractivity contribution in [1.29, 1.82) is 0 Å². The van der Waals surface area contributed by atoms with E-state index in [2.05, 4.69) is 27.5 Å². The van der Waals surface area contributed by atoms with Crippen LogP contribution in [0.25, 0.3) is 0 Å². The van der Waals surface area contributed by atoms with Crippen LogP contribution in [0.3, 0.4) is 0 Å². The summed E-state index contributed by atoms with van der Waals surface area (Å²) in [4.78, 5) is 3.62. The van der Waals surface area contributed by atoms with Gasteiger partial charge in [-0.1, -0.05) is 6.07 Å².